The van der Waals surface area contributed by atoms with Gasteiger partial charge in [0.25, 0.3) is 0 Å². The molecule has 1 aromatic carbocycles. The summed E-state index contributed by atoms with van der Waals surface area (Å²) in [4.78, 5) is 27.3. The third kappa shape index (κ3) is 8.92. The second-order valence-corrected chi connectivity index (χ2v) is 10.9. The molecule has 3 N–H and O–H groups in total. The fourth-order valence-electron chi connectivity index (χ4n) is 5.72. The molecule has 208 valence electrons. The Morgan fingerprint density at radius 1 is 1.08 bits per heavy atom. The third-order valence-corrected chi connectivity index (χ3v) is 7.43. The highest BCUT2D eigenvalue weighted by Crippen LogP contribution is 2.35. The van der Waals surface area contributed by atoms with Crippen molar-refractivity contribution >= 4 is 11.9 Å². The van der Waals surface area contributed by atoms with Crippen molar-refractivity contribution in [2.75, 3.05) is 33.3 Å². The van der Waals surface area contributed by atoms with E-state index in [0.717, 1.165) is 12.5 Å². The molecular formula is C28H44F2N4O3. The number of likely N-dealkylation sites (N-methyl/N-ethyl adjacent to an activating group) is 1. The van der Waals surface area contributed by atoms with E-state index in [1.165, 1.54) is 44.2 Å². The van der Waals surface area contributed by atoms with Gasteiger partial charge in [-0.05, 0) is 52.1 Å². The number of halogens is 2. The van der Waals surface area contributed by atoms with Crippen LogP contribution >= 0.6 is 0 Å². The smallest absolute Gasteiger partial charge is 0.317 e. The van der Waals surface area contributed by atoms with Crippen molar-refractivity contribution in [2.45, 2.75) is 83.4 Å². The first-order valence-electron chi connectivity index (χ1n) is 13.8. The number of hydrogen-bond donors (Lipinski definition) is 3. The summed E-state index contributed by atoms with van der Waals surface area (Å²) in [6, 6.07) is 3.84. The maximum Gasteiger partial charge on any atom is 0.317 e. The zero-order valence-electron chi connectivity index (χ0n) is 22.5. The molecule has 7 nitrogen and oxygen atoms in total. The summed E-state index contributed by atoms with van der Waals surface area (Å²) in [6.45, 7) is 5.04. The first-order chi connectivity index (χ1) is 17.8. The molecule has 2 aliphatic rings. The van der Waals surface area contributed by atoms with Crippen molar-refractivity contribution in [3.05, 3.63) is 35.4 Å². The van der Waals surface area contributed by atoms with Crippen LogP contribution in [0.5, 0.6) is 0 Å². The standard InChI is InChI=1S/C28H44F2N4O3/c1-19(2)32-25(35)18-37-27(23-12-7-13-24(29)26(23)30)21-11-8-14-34(17-21)28(36)33-22(16-31-3)15-20-9-5-4-6-10-20/h7,12-13,19-22,27,31H,4-6,8-11,14-18H2,1-3H3,(H,32,35)(H,33,36)/t21?,22-,27+/m0/s1. The molecule has 0 bridgehead atoms. The van der Waals surface area contributed by atoms with Crippen LogP contribution in [0.2, 0.25) is 0 Å². The van der Waals surface area contributed by atoms with Gasteiger partial charge in [-0.15, -0.1) is 0 Å². The summed E-state index contributed by atoms with van der Waals surface area (Å²) in [5, 5.41) is 9.17. The molecule has 37 heavy (non-hydrogen) atoms. The van der Waals surface area contributed by atoms with Gasteiger partial charge in [-0.2, -0.15) is 0 Å². The molecule has 1 aliphatic carbocycles. The average Bonchev–Trinajstić information content (AvgIpc) is 2.87. The van der Waals surface area contributed by atoms with Gasteiger partial charge in [-0.3, -0.25) is 4.79 Å². The second-order valence-electron chi connectivity index (χ2n) is 10.9. The van der Waals surface area contributed by atoms with Crippen molar-refractivity contribution < 1.29 is 23.1 Å². The molecule has 3 amide bonds. The van der Waals surface area contributed by atoms with Crippen LogP contribution in [0.1, 0.15) is 76.9 Å². The predicted octanol–water partition coefficient (Wildman–Crippen LogP) is 4.53. The third-order valence-electron chi connectivity index (χ3n) is 7.43. The molecule has 9 heteroatoms. The molecule has 3 atom stereocenters. The van der Waals surface area contributed by atoms with Crippen molar-refractivity contribution in [2.24, 2.45) is 11.8 Å². The fourth-order valence-corrected chi connectivity index (χ4v) is 5.72. The summed E-state index contributed by atoms with van der Waals surface area (Å²) in [6.07, 6.45) is 7.73. The molecule has 0 aromatic heterocycles. The normalized spacial score (nSPS) is 20.5. The SMILES string of the molecule is CNC[C@H](CC1CCCCC1)NC(=O)N1CCCC([C@@H](OCC(=O)NC(C)C)c2cccc(F)c2F)C1. The van der Waals surface area contributed by atoms with Gasteiger partial charge >= 0.3 is 6.03 Å². The molecule has 1 unspecified atom stereocenters. The number of hydrogen-bond acceptors (Lipinski definition) is 4. The minimum absolute atomic E-state index is 0.0356. The Morgan fingerprint density at radius 3 is 2.54 bits per heavy atom. The van der Waals surface area contributed by atoms with Crippen molar-refractivity contribution in [3.8, 4) is 0 Å². The van der Waals surface area contributed by atoms with Crippen molar-refractivity contribution in [1.29, 1.82) is 0 Å². The molecule has 2 fully saturated rings. The molecule has 1 aromatic rings. The lowest BCUT2D eigenvalue weighted by atomic mass is 9.85. The number of amides is 3. The van der Waals surface area contributed by atoms with Crippen LogP contribution in [0.25, 0.3) is 0 Å². The summed E-state index contributed by atoms with van der Waals surface area (Å²) >= 11 is 0. The number of benzene rings is 1. The molecular weight excluding hydrogens is 478 g/mol. The topological polar surface area (TPSA) is 82.7 Å². The van der Waals surface area contributed by atoms with E-state index in [4.69, 9.17) is 4.74 Å². The summed E-state index contributed by atoms with van der Waals surface area (Å²) in [5.41, 5.74) is 0.0787. The Labute approximate surface area is 220 Å². The fraction of sp³-hybridized carbons (Fsp3) is 0.714. The van der Waals surface area contributed by atoms with Crippen LogP contribution in [-0.2, 0) is 9.53 Å². The van der Waals surface area contributed by atoms with Crippen LogP contribution in [0.3, 0.4) is 0 Å². The van der Waals surface area contributed by atoms with Gasteiger partial charge in [0, 0.05) is 43.2 Å². The Kier molecular flexibility index (Phi) is 11.6. The minimum atomic E-state index is -0.972. The number of nitrogens with zero attached hydrogens (tertiary/aromatic N) is 1. The Bertz CT molecular complexity index is 879. The number of ether oxygens (including phenoxy) is 1. The van der Waals surface area contributed by atoms with Crippen LogP contribution < -0.4 is 16.0 Å². The van der Waals surface area contributed by atoms with E-state index < -0.39 is 17.7 Å². The lowest BCUT2D eigenvalue weighted by molar-refractivity contribution is -0.130. The maximum atomic E-state index is 14.8. The number of urea groups is 1. The highest BCUT2D eigenvalue weighted by atomic mass is 19.2. The highest BCUT2D eigenvalue weighted by Gasteiger charge is 2.34. The van der Waals surface area contributed by atoms with Gasteiger partial charge in [0.1, 0.15) is 6.61 Å². The van der Waals surface area contributed by atoms with Crippen LogP contribution in [0, 0.1) is 23.5 Å². The number of nitrogens with one attached hydrogen (secondary N) is 3. The molecule has 0 radical (unpaired) electrons. The Morgan fingerprint density at radius 2 is 1.84 bits per heavy atom. The second kappa shape index (κ2) is 14.6. The van der Waals surface area contributed by atoms with Gasteiger partial charge in [0.15, 0.2) is 11.6 Å². The van der Waals surface area contributed by atoms with Crippen LogP contribution in [0.15, 0.2) is 18.2 Å². The molecule has 1 aliphatic heterocycles. The van der Waals surface area contributed by atoms with Crippen molar-refractivity contribution in [3.63, 3.8) is 0 Å². The molecule has 3 rings (SSSR count). The Hall–Kier alpha value is -2.26. The zero-order valence-corrected chi connectivity index (χ0v) is 22.5. The number of rotatable bonds is 11. The Balaban J connectivity index is 1.69. The quantitative estimate of drug-likeness (QED) is 0.399. The monoisotopic (exact) mass is 522 g/mol. The van der Waals surface area contributed by atoms with E-state index in [1.54, 1.807) is 4.90 Å². The van der Waals surface area contributed by atoms with Gasteiger partial charge in [-0.1, -0.05) is 44.2 Å². The van der Waals surface area contributed by atoms with Crippen molar-refractivity contribution in [1.82, 2.24) is 20.9 Å². The van der Waals surface area contributed by atoms with Gasteiger partial charge < -0.3 is 25.6 Å². The van der Waals surface area contributed by atoms with Gasteiger partial charge in [0.2, 0.25) is 5.91 Å². The van der Waals surface area contributed by atoms with E-state index >= 15 is 0 Å². The lowest BCUT2D eigenvalue weighted by Crippen LogP contribution is -2.52. The van der Waals surface area contributed by atoms with E-state index in [-0.39, 0.29) is 42.1 Å². The first-order valence-corrected chi connectivity index (χ1v) is 13.8. The average molecular weight is 523 g/mol. The van der Waals surface area contributed by atoms with E-state index in [1.807, 2.05) is 20.9 Å². The number of carbonyl (C=O) groups excluding carboxylic acids is 2. The van der Waals surface area contributed by atoms with Gasteiger partial charge in [-0.25, -0.2) is 13.6 Å². The lowest BCUT2D eigenvalue weighted by Gasteiger charge is -2.38. The number of carbonyl (C=O) groups is 2. The van der Waals surface area contributed by atoms with E-state index in [0.29, 0.717) is 38.4 Å². The largest absolute Gasteiger partial charge is 0.363 e. The predicted molar refractivity (Wildman–Crippen MR) is 140 cm³/mol. The van der Waals surface area contributed by atoms with Gasteiger partial charge in [0.05, 0.1) is 6.10 Å². The van der Waals surface area contributed by atoms with E-state index in [9.17, 15) is 18.4 Å². The highest BCUT2D eigenvalue weighted by molar-refractivity contribution is 5.77. The summed E-state index contributed by atoms with van der Waals surface area (Å²) < 4.78 is 34.8. The molecule has 1 saturated carbocycles. The maximum absolute atomic E-state index is 14.8. The number of likely N-dealkylation sites (tertiary alicyclic amines) is 1. The van der Waals surface area contributed by atoms with Crippen LogP contribution in [-0.4, -0.2) is 62.2 Å². The minimum Gasteiger partial charge on any atom is -0.363 e. The molecule has 0 spiro atoms. The summed E-state index contributed by atoms with van der Waals surface area (Å²) in [7, 11) is 1.89. The van der Waals surface area contributed by atoms with Crippen LogP contribution in [0.4, 0.5) is 13.6 Å². The summed E-state index contributed by atoms with van der Waals surface area (Å²) in [5.74, 6) is -1.89. The van der Waals surface area contributed by atoms with E-state index in [2.05, 4.69) is 16.0 Å². The zero-order chi connectivity index (χ0) is 26.8. The molecule has 1 saturated heterocycles. The molecule has 1 heterocycles. The first kappa shape index (κ1) is 29.3. The number of piperidine rings is 1.